The Balaban J connectivity index is 0.000000207. The van der Waals surface area contributed by atoms with Crippen LogP contribution in [0.15, 0.2) is 188 Å². The Labute approximate surface area is 523 Å². The average Bonchev–Trinajstić information content (AvgIpc) is 2.70. The van der Waals surface area contributed by atoms with Crippen molar-refractivity contribution in [2.24, 2.45) is 28.7 Å². The van der Waals surface area contributed by atoms with Gasteiger partial charge in [-0.15, -0.1) is 0 Å². The van der Waals surface area contributed by atoms with Gasteiger partial charge in [-0.3, -0.25) is 38.4 Å². The molecule has 18 nitrogen and oxygen atoms in total. The van der Waals surface area contributed by atoms with E-state index in [4.69, 9.17) is 57.3 Å². The highest BCUT2D eigenvalue weighted by Crippen LogP contribution is 2.24. The van der Waals surface area contributed by atoms with Gasteiger partial charge in [0.25, 0.3) is 0 Å². The number of Topliss-reactive ketones (excluding diaryl/α,β-unsaturated/α-hetero) is 3. The first kappa shape index (κ1) is 69.1. The summed E-state index contributed by atoms with van der Waals surface area (Å²) >= 11 is 0. The lowest BCUT2D eigenvalue weighted by Crippen LogP contribution is -2.11. The van der Waals surface area contributed by atoms with Gasteiger partial charge in [0.2, 0.25) is 29.5 Å². The van der Waals surface area contributed by atoms with Crippen LogP contribution in [0.4, 0.5) is 28.4 Å². The molecule has 20 N–H and O–H groups in total. The summed E-state index contributed by atoms with van der Waals surface area (Å²) in [7, 11) is 0. The molecule has 18 heteroatoms. The Morgan fingerprint density at radius 3 is 0.967 bits per heavy atom. The number of rotatable bonds is 17. The van der Waals surface area contributed by atoms with Crippen LogP contribution in [0.5, 0.6) is 0 Å². The molecule has 0 bridgehead atoms. The minimum Gasteiger partial charge on any atom is -0.399 e. The van der Waals surface area contributed by atoms with E-state index in [1.165, 1.54) is 0 Å². The number of anilines is 5. The molecule has 0 aliphatic carbocycles. The molecule has 0 saturated carbocycles. The monoisotopic (exact) mass is 1210 g/mol. The fourth-order valence-corrected chi connectivity index (χ4v) is 9.28. The minimum atomic E-state index is -0.477. The maximum Gasteiger partial charge on any atom is 0.248 e. The predicted molar refractivity (Wildman–Crippen MR) is 359 cm³/mol. The lowest BCUT2D eigenvalue weighted by atomic mass is 10.00. The van der Waals surface area contributed by atoms with E-state index in [9.17, 15) is 38.4 Å². The van der Waals surface area contributed by atoms with Crippen LogP contribution in [0.1, 0.15) is 140 Å². The third kappa shape index (κ3) is 22.6. The van der Waals surface area contributed by atoms with Gasteiger partial charge < -0.3 is 57.3 Å². The van der Waals surface area contributed by atoms with Crippen molar-refractivity contribution in [2.75, 3.05) is 28.7 Å². The van der Waals surface area contributed by atoms with E-state index in [2.05, 4.69) is 6.07 Å². The van der Waals surface area contributed by atoms with Gasteiger partial charge in [-0.25, -0.2) is 0 Å². The number of aryl methyl sites for hydroxylation is 7. The molecule has 0 saturated heterocycles. The van der Waals surface area contributed by atoms with Gasteiger partial charge in [0.1, 0.15) is 0 Å². The smallest absolute Gasteiger partial charge is 0.248 e. The molecule has 0 atom stereocenters. The molecule has 9 rings (SSSR count). The van der Waals surface area contributed by atoms with E-state index in [0.29, 0.717) is 92.9 Å². The van der Waals surface area contributed by atoms with E-state index in [1.54, 1.807) is 103 Å². The zero-order valence-corrected chi connectivity index (χ0v) is 51.0. The molecule has 0 heterocycles. The largest absolute Gasteiger partial charge is 0.399 e. The van der Waals surface area contributed by atoms with E-state index < -0.39 is 29.5 Å². The summed E-state index contributed by atoms with van der Waals surface area (Å²) in [5, 5.41) is 0. The highest BCUT2D eigenvalue weighted by atomic mass is 16.2. The molecule has 0 unspecified atom stereocenters. The van der Waals surface area contributed by atoms with E-state index in [-0.39, 0.29) is 23.8 Å². The molecule has 0 aliphatic heterocycles. The number of carbonyl (C=O) groups is 8. The number of benzene rings is 9. The maximum absolute atomic E-state index is 12.2. The summed E-state index contributed by atoms with van der Waals surface area (Å²) in [5.74, 6) is -2.16. The van der Waals surface area contributed by atoms with Crippen molar-refractivity contribution in [3.05, 3.63) is 277 Å². The molecule has 0 aliphatic rings. The predicted octanol–water partition coefficient (Wildman–Crippen LogP) is 10.1. The average molecular weight is 1210 g/mol. The van der Waals surface area contributed by atoms with Crippen LogP contribution in [0.2, 0.25) is 0 Å². The van der Waals surface area contributed by atoms with Gasteiger partial charge in [-0.1, -0.05) is 54.6 Å². The fourth-order valence-electron chi connectivity index (χ4n) is 9.28. The molecule has 9 aromatic carbocycles. The first-order chi connectivity index (χ1) is 42.5. The van der Waals surface area contributed by atoms with E-state index >= 15 is 0 Å². The number of carbonyl (C=O) groups excluding carboxylic acids is 8. The third-order valence-corrected chi connectivity index (χ3v) is 13.6. The zero-order chi connectivity index (χ0) is 66.4. The van der Waals surface area contributed by atoms with Crippen LogP contribution in [-0.2, 0) is 19.3 Å². The van der Waals surface area contributed by atoms with Crippen LogP contribution in [-0.4, -0.2) is 46.9 Å². The molecule has 5 amide bonds. The van der Waals surface area contributed by atoms with Gasteiger partial charge in [0.15, 0.2) is 17.3 Å². The SMILES string of the molecule is Cc1cc(N)cc(-c2ccc(C(N)=O)cc2)c1.Cc1cc(N)cc(C(=O)CCc2ccc(C(N)=O)cc2)c1.Cc1cc(N)cc(C(=O)CCc2cccc(C(N)=O)c2)c1.Cc1cc(N)cc(C(=O)Cc2ccc(C(N)=O)cc2)c1.Cc1cc(N)cc(C(N)=O)c1. The van der Waals surface area contributed by atoms with Crippen molar-refractivity contribution in [1.29, 1.82) is 0 Å². The summed E-state index contributed by atoms with van der Waals surface area (Å²) in [6.07, 6.45) is 2.21. The zero-order valence-electron chi connectivity index (χ0n) is 51.0. The molecule has 0 spiro atoms. The number of nitrogen functional groups attached to an aromatic ring is 5. The Hall–Kier alpha value is -11.7. The number of nitrogens with two attached hydrogens (primary N) is 10. The summed E-state index contributed by atoms with van der Waals surface area (Å²) in [4.78, 5) is 91.3. The molecule has 462 valence electrons. The first-order valence-electron chi connectivity index (χ1n) is 28.3. The normalized spacial score (nSPS) is 10.2. The highest BCUT2D eigenvalue weighted by Gasteiger charge is 2.13. The standard InChI is InChI=1S/2C17H18N2O2.C16H16N2O2.C14H14N2O.C8H10N2O/c1-11-8-14(10-15(18)9-11)16(20)7-4-12-2-5-13(6-3-12)17(19)21;1-11-7-14(10-15(18)8-11)16(20)6-5-12-3-2-4-13(9-12)17(19)21;1-10-6-13(9-14(17)7-10)15(19)8-11-2-4-12(5-3-11)16(18)20;1-9-6-12(8-13(15)7-9)10-2-4-11(5-3-10)14(16)17;1-5-2-6(8(10)11)4-7(9)3-5/h2-3,5-6,8-10H,4,7,18H2,1H3,(H2,19,21);2-4,7-10H,5-6,18H2,1H3,(H2,19,21);2-7,9H,8,17H2,1H3,(H2,18,20);2-8H,15H2,1H3,(H2,16,17);2-4H,9H2,1H3,(H2,10,11). The molecule has 0 radical (unpaired) electrons. The van der Waals surface area contributed by atoms with Crippen LogP contribution < -0.4 is 57.3 Å². The van der Waals surface area contributed by atoms with Gasteiger partial charge in [-0.05, 0) is 237 Å². The van der Waals surface area contributed by atoms with Gasteiger partial charge in [0, 0.05) is 92.2 Å². The quantitative estimate of drug-likeness (QED) is 0.0300. The van der Waals surface area contributed by atoms with Crippen molar-refractivity contribution in [3.63, 3.8) is 0 Å². The van der Waals surface area contributed by atoms with Gasteiger partial charge in [-0.2, -0.15) is 0 Å². The maximum atomic E-state index is 12.2. The Bertz CT molecular complexity index is 3990. The summed E-state index contributed by atoms with van der Waals surface area (Å²) < 4.78 is 0. The highest BCUT2D eigenvalue weighted by molar-refractivity contribution is 6.00. The summed E-state index contributed by atoms with van der Waals surface area (Å²) in [5.41, 5.74) is 71.4. The number of hydrogen-bond donors (Lipinski definition) is 10. The second-order valence-electron chi connectivity index (χ2n) is 21.6. The number of ketones is 3. The van der Waals surface area contributed by atoms with Crippen molar-refractivity contribution in [2.45, 2.75) is 66.7 Å². The fraction of sp³-hybridized carbons (Fsp3) is 0.139. The molecule has 0 fully saturated rings. The van der Waals surface area contributed by atoms with Crippen LogP contribution in [0.3, 0.4) is 0 Å². The molecular formula is C72H76N10O8. The summed E-state index contributed by atoms with van der Waals surface area (Å²) in [6.45, 7) is 9.58. The van der Waals surface area contributed by atoms with Crippen molar-refractivity contribution in [1.82, 2.24) is 0 Å². The van der Waals surface area contributed by atoms with Crippen LogP contribution >= 0.6 is 0 Å². The van der Waals surface area contributed by atoms with Crippen LogP contribution in [0.25, 0.3) is 11.1 Å². The lowest BCUT2D eigenvalue weighted by Gasteiger charge is -2.05. The molecule has 9 aromatic rings. The molecule has 90 heavy (non-hydrogen) atoms. The lowest BCUT2D eigenvalue weighted by molar-refractivity contribution is 0.0975. The Morgan fingerprint density at radius 2 is 0.589 bits per heavy atom. The first-order valence-corrected chi connectivity index (χ1v) is 28.3. The van der Waals surface area contributed by atoms with Gasteiger partial charge in [0.05, 0.1) is 0 Å². The number of primary amides is 5. The third-order valence-electron chi connectivity index (χ3n) is 13.6. The summed E-state index contributed by atoms with van der Waals surface area (Å²) in [6, 6.07) is 54.9. The number of hydrogen-bond acceptors (Lipinski definition) is 13. The second-order valence-corrected chi connectivity index (χ2v) is 21.6. The van der Waals surface area contributed by atoms with Crippen molar-refractivity contribution < 1.29 is 38.4 Å². The van der Waals surface area contributed by atoms with E-state index in [0.717, 1.165) is 61.3 Å². The van der Waals surface area contributed by atoms with Gasteiger partial charge >= 0.3 is 0 Å². The van der Waals surface area contributed by atoms with E-state index in [1.807, 2.05) is 113 Å². The minimum absolute atomic E-state index is 0.00720. The number of amides is 5. The van der Waals surface area contributed by atoms with Crippen molar-refractivity contribution >= 4 is 75.3 Å². The second kappa shape index (κ2) is 32.7. The van der Waals surface area contributed by atoms with Crippen LogP contribution in [0, 0.1) is 34.6 Å². The molecular weight excluding hydrogens is 1130 g/mol. The Morgan fingerprint density at radius 1 is 0.267 bits per heavy atom. The topological polar surface area (TPSA) is 397 Å². The molecule has 0 aromatic heterocycles. The Kier molecular flexibility index (Phi) is 25.1. The van der Waals surface area contributed by atoms with Crippen molar-refractivity contribution in [3.8, 4) is 11.1 Å².